The summed E-state index contributed by atoms with van der Waals surface area (Å²) < 4.78 is 0. The molecule has 0 aromatic heterocycles. The summed E-state index contributed by atoms with van der Waals surface area (Å²) in [5.74, 6) is -0.727. The molecule has 1 saturated heterocycles. The second-order valence-corrected chi connectivity index (χ2v) is 7.04. The van der Waals surface area contributed by atoms with E-state index in [1.165, 1.54) is 4.90 Å². The Bertz CT molecular complexity index is 808. The first-order chi connectivity index (χ1) is 12.0. The molecule has 130 valence electrons. The Morgan fingerprint density at radius 3 is 2.56 bits per heavy atom. The topological polar surface area (TPSA) is 49.4 Å². The molecular formula is C18H15Cl3N2O2. The molecule has 1 heterocycles. The zero-order chi connectivity index (χ0) is 18.0. The summed E-state index contributed by atoms with van der Waals surface area (Å²) >= 11 is 18.0. The van der Waals surface area contributed by atoms with E-state index < -0.39 is 5.92 Å². The van der Waals surface area contributed by atoms with Crippen molar-refractivity contribution in [2.75, 3.05) is 11.4 Å². The lowest BCUT2D eigenvalue weighted by atomic mass is 10.1. The lowest BCUT2D eigenvalue weighted by Crippen LogP contribution is -2.32. The highest BCUT2D eigenvalue weighted by Crippen LogP contribution is 2.35. The molecule has 4 nitrogen and oxygen atoms in total. The number of hydrogen-bond acceptors (Lipinski definition) is 2. The maximum atomic E-state index is 12.4. The van der Waals surface area contributed by atoms with Gasteiger partial charge in [0.15, 0.2) is 0 Å². The zero-order valence-corrected chi connectivity index (χ0v) is 15.4. The fraction of sp³-hybridized carbons (Fsp3) is 0.222. The number of anilines is 1. The van der Waals surface area contributed by atoms with Crippen molar-refractivity contribution < 1.29 is 9.59 Å². The van der Waals surface area contributed by atoms with Gasteiger partial charge in [-0.25, -0.2) is 0 Å². The molecule has 0 radical (unpaired) electrons. The highest BCUT2D eigenvalue weighted by molar-refractivity contribution is 6.44. The monoisotopic (exact) mass is 396 g/mol. The van der Waals surface area contributed by atoms with E-state index in [0.29, 0.717) is 27.3 Å². The molecule has 7 heteroatoms. The fourth-order valence-corrected chi connectivity index (χ4v) is 3.28. The number of carbonyl (C=O) groups excluding carboxylic acids is 2. The van der Waals surface area contributed by atoms with Gasteiger partial charge in [0.1, 0.15) is 0 Å². The van der Waals surface area contributed by atoms with Gasteiger partial charge < -0.3 is 10.2 Å². The van der Waals surface area contributed by atoms with Crippen LogP contribution in [0.1, 0.15) is 12.0 Å². The van der Waals surface area contributed by atoms with Crippen LogP contribution >= 0.6 is 34.8 Å². The van der Waals surface area contributed by atoms with Gasteiger partial charge in [-0.1, -0.05) is 53.0 Å². The Balaban J connectivity index is 1.64. The van der Waals surface area contributed by atoms with Crippen LogP contribution in [0.4, 0.5) is 5.69 Å². The average molecular weight is 398 g/mol. The summed E-state index contributed by atoms with van der Waals surface area (Å²) in [5.41, 5.74) is 1.48. The molecule has 2 aromatic carbocycles. The van der Waals surface area contributed by atoms with Gasteiger partial charge in [-0.3, -0.25) is 9.59 Å². The van der Waals surface area contributed by atoms with Crippen molar-refractivity contribution in [3.8, 4) is 0 Å². The summed E-state index contributed by atoms with van der Waals surface area (Å²) in [6.07, 6.45) is 0.148. The number of benzene rings is 2. The maximum Gasteiger partial charge on any atom is 0.227 e. The van der Waals surface area contributed by atoms with Crippen molar-refractivity contribution in [2.24, 2.45) is 5.92 Å². The van der Waals surface area contributed by atoms with Crippen LogP contribution in [0.3, 0.4) is 0 Å². The SMILES string of the molecule is O=C(NCc1ccc(Cl)cc1)[C@H]1CC(=O)N(c2cccc(Cl)c2Cl)C1. The van der Waals surface area contributed by atoms with Gasteiger partial charge in [-0.2, -0.15) is 0 Å². The first kappa shape index (κ1) is 18.1. The lowest BCUT2D eigenvalue weighted by Gasteiger charge is -2.18. The Morgan fingerprint density at radius 1 is 1.12 bits per heavy atom. The molecule has 1 aliphatic heterocycles. The molecule has 0 bridgehead atoms. The summed E-state index contributed by atoms with van der Waals surface area (Å²) in [5, 5.41) is 4.20. The van der Waals surface area contributed by atoms with Gasteiger partial charge in [0.25, 0.3) is 0 Å². The molecular weight excluding hydrogens is 383 g/mol. The summed E-state index contributed by atoms with van der Waals surface area (Å²) in [6, 6.07) is 12.3. The smallest absolute Gasteiger partial charge is 0.227 e. The summed E-state index contributed by atoms with van der Waals surface area (Å²) in [6.45, 7) is 0.671. The molecule has 2 aromatic rings. The van der Waals surface area contributed by atoms with E-state index in [9.17, 15) is 9.59 Å². The third kappa shape index (κ3) is 4.09. The van der Waals surface area contributed by atoms with E-state index in [2.05, 4.69) is 5.32 Å². The molecule has 3 rings (SSSR count). The summed E-state index contributed by atoms with van der Waals surface area (Å²) in [7, 11) is 0. The minimum atomic E-state index is -0.421. The van der Waals surface area contributed by atoms with Crippen LogP contribution < -0.4 is 10.2 Å². The quantitative estimate of drug-likeness (QED) is 0.835. The number of carbonyl (C=O) groups is 2. The predicted octanol–water partition coefficient (Wildman–Crippen LogP) is 4.32. The van der Waals surface area contributed by atoms with Gasteiger partial charge in [-0.05, 0) is 29.8 Å². The van der Waals surface area contributed by atoms with E-state index in [-0.39, 0.29) is 24.8 Å². The van der Waals surface area contributed by atoms with Crippen LogP contribution in [-0.4, -0.2) is 18.4 Å². The minimum Gasteiger partial charge on any atom is -0.352 e. The van der Waals surface area contributed by atoms with E-state index in [4.69, 9.17) is 34.8 Å². The van der Waals surface area contributed by atoms with Crippen molar-refractivity contribution in [3.05, 3.63) is 63.1 Å². The standard InChI is InChI=1S/C18H15Cl3N2O2/c19-13-6-4-11(5-7-13)9-22-18(25)12-8-16(24)23(10-12)15-3-1-2-14(20)17(15)21/h1-7,12H,8-10H2,(H,22,25)/t12-/m0/s1. The largest absolute Gasteiger partial charge is 0.352 e. The average Bonchev–Trinajstić information content (AvgIpc) is 2.98. The highest BCUT2D eigenvalue weighted by atomic mass is 35.5. The fourth-order valence-electron chi connectivity index (χ4n) is 2.75. The lowest BCUT2D eigenvalue weighted by molar-refractivity contribution is -0.126. The molecule has 0 spiro atoms. The van der Waals surface area contributed by atoms with Crippen LogP contribution in [-0.2, 0) is 16.1 Å². The van der Waals surface area contributed by atoms with Crippen molar-refractivity contribution >= 4 is 52.3 Å². The van der Waals surface area contributed by atoms with Gasteiger partial charge in [0.05, 0.1) is 21.7 Å². The molecule has 1 aliphatic rings. The number of nitrogens with one attached hydrogen (secondary N) is 1. The van der Waals surface area contributed by atoms with E-state index in [0.717, 1.165) is 5.56 Å². The molecule has 25 heavy (non-hydrogen) atoms. The first-order valence-corrected chi connectivity index (χ1v) is 8.85. The molecule has 0 saturated carbocycles. The van der Waals surface area contributed by atoms with Crippen LogP contribution in [0.2, 0.25) is 15.1 Å². The number of rotatable bonds is 4. The molecule has 0 unspecified atom stereocenters. The number of amides is 2. The normalized spacial score (nSPS) is 17.0. The first-order valence-electron chi connectivity index (χ1n) is 7.72. The summed E-state index contributed by atoms with van der Waals surface area (Å²) in [4.78, 5) is 26.2. The molecule has 0 aliphatic carbocycles. The van der Waals surface area contributed by atoms with Crippen molar-refractivity contribution in [2.45, 2.75) is 13.0 Å². The Kier molecular flexibility index (Phi) is 5.52. The van der Waals surface area contributed by atoms with Crippen LogP contribution in [0.5, 0.6) is 0 Å². The number of halogens is 3. The van der Waals surface area contributed by atoms with Gasteiger partial charge in [0, 0.05) is 24.5 Å². The third-order valence-electron chi connectivity index (χ3n) is 4.10. The third-order valence-corrected chi connectivity index (χ3v) is 5.16. The van der Waals surface area contributed by atoms with Crippen molar-refractivity contribution in [1.82, 2.24) is 5.32 Å². The van der Waals surface area contributed by atoms with E-state index in [1.807, 2.05) is 12.1 Å². The molecule has 1 N–H and O–H groups in total. The highest BCUT2D eigenvalue weighted by Gasteiger charge is 2.36. The van der Waals surface area contributed by atoms with E-state index in [1.54, 1.807) is 30.3 Å². The van der Waals surface area contributed by atoms with E-state index >= 15 is 0 Å². The second-order valence-electron chi connectivity index (χ2n) is 5.82. The number of hydrogen-bond donors (Lipinski definition) is 1. The zero-order valence-electron chi connectivity index (χ0n) is 13.1. The van der Waals surface area contributed by atoms with Crippen LogP contribution in [0.15, 0.2) is 42.5 Å². The number of nitrogens with zero attached hydrogens (tertiary/aromatic N) is 1. The predicted molar refractivity (Wildman–Crippen MR) is 100 cm³/mol. The Hall–Kier alpha value is -1.75. The minimum absolute atomic E-state index is 0.143. The maximum absolute atomic E-state index is 12.4. The van der Waals surface area contributed by atoms with Crippen LogP contribution in [0.25, 0.3) is 0 Å². The Morgan fingerprint density at radius 2 is 1.84 bits per heavy atom. The Labute approximate surface area is 160 Å². The van der Waals surface area contributed by atoms with Crippen molar-refractivity contribution in [1.29, 1.82) is 0 Å². The van der Waals surface area contributed by atoms with Gasteiger partial charge in [0.2, 0.25) is 11.8 Å². The second kappa shape index (κ2) is 7.65. The molecule has 1 atom stereocenters. The molecule has 1 fully saturated rings. The molecule has 2 amide bonds. The van der Waals surface area contributed by atoms with Crippen molar-refractivity contribution in [3.63, 3.8) is 0 Å². The van der Waals surface area contributed by atoms with Gasteiger partial charge in [-0.15, -0.1) is 0 Å². The van der Waals surface area contributed by atoms with Crippen LogP contribution in [0, 0.1) is 5.92 Å². The van der Waals surface area contributed by atoms with Gasteiger partial charge >= 0.3 is 0 Å².